The van der Waals surface area contributed by atoms with Crippen molar-refractivity contribution in [1.29, 1.82) is 0 Å². The Morgan fingerprint density at radius 2 is 1.47 bits per heavy atom. The molecule has 6 heteroatoms. The molecule has 3 nitrogen and oxygen atoms in total. The van der Waals surface area contributed by atoms with Gasteiger partial charge in [0.25, 0.3) is 8.32 Å². The third-order valence-corrected chi connectivity index (χ3v) is 12.2. The molecule has 2 aromatic carbocycles. The summed E-state index contributed by atoms with van der Waals surface area (Å²) in [4.78, 5) is 0. The lowest BCUT2D eigenvalue weighted by molar-refractivity contribution is 0.303. The number of hydrogen-bond acceptors (Lipinski definition) is 2. The zero-order chi connectivity index (χ0) is 24.0. The highest BCUT2D eigenvalue weighted by Gasteiger charge is 2.49. The maximum Gasteiger partial charge on any atom is 0.261 e. The first-order chi connectivity index (χ1) is 14.9. The van der Waals surface area contributed by atoms with Crippen LogP contribution in [0.4, 0.5) is 4.39 Å². The molecule has 0 saturated heterocycles. The molecule has 1 unspecified atom stereocenters. The SMILES string of the molecule is C[C@@H](NS(=O)C(C)(C)C)/C(F)=C\CCO[Si](c1ccccc1)(c1ccccc1)C(C)(C)C. The summed E-state index contributed by atoms with van der Waals surface area (Å²) >= 11 is 0. The minimum absolute atomic E-state index is 0.115. The molecule has 2 rings (SSSR count). The molecule has 0 aliphatic heterocycles. The van der Waals surface area contributed by atoms with Crippen molar-refractivity contribution in [3.63, 3.8) is 0 Å². The highest BCUT2D eigenvalue weighted by Crippen LogP contribution is 2.36. The zero-order valence-electron chi connectivity index (χ0n) is 20.4. The fourth-order valence-electron chi connectivity index (χ4n) is 3.74. The summed E-state index contributed by atoms with van der Waals surface area (Å²) in [5, 5.41) is 2.30. The second-order valence-corrected chi connectivity index (χ2v) is 16.4. The van der Waals surface area contributed by atoms with Gasteiger partial charge in [-0.3, -0.25) is 0 Å². The van der Waals surface area contributed by atoms with Crippen molar-refractivity contribution in [2.24, 2.45) is 0 Å². The Morgan fingerprint density at radius 1 is 1.00 bits per heavy atom. The van der Waals surface area contributed by atoms with Gasteiger partial charge in [0.1, 0.15) is 5.83 Å². The molecule has 0 radical (unpaired) electrons. The summed E-state index contributed by atoms with van der Waals surface area (Å²) in [5.41, 5.74) is 0. The van der Waals surface area contributed by atoms with Crippen LogP contribution in [0, 0.1) is 0 Å². The van der Waals surface area contributed by atoms with Crippen LogP contribution in [0.1, 0.15) is 54.9 Å². The molecule has 0 saturated carbocycles. The predicted molar refractivity (Wildman–Crippen MR) is 138 cm³/mol. The van der Waals surface area contributed by atoms with Crippen molar-refractivity contribution in [1.82, 2.24) is 4.72 Å². The first-order valence-electron chi connectivity index (χ1n) is 11.2. The Kier molecular flexibility index (Phi) is 9.17. The van der Waals surface area contributed by atoms with Crippen LogP contribution in [0.2, 0.25) is 5.04 Å². The van der Waals surface area contributed by atoms with Gasteiger partial charge in [0, 0.05) is 6.61 Å². The highest BCUT2D eigenvalue weighted by molar-refractivity contribution is 7.84. The molecule has 0 aromatic heterocycles. The maximum atomic E-state index is 14.7. The molecule has 0 heterocycles. The number of benzene rings is 2. The van der Waals surface area contributed by atoms with Gasteiger partial charge in [-0.25, -0.2) is 13.3 Å². The van der Waals surface area contributed by atoms with Crippen molar-refractivity contribution < 1.29 is 13.0 Å². The predicted octanol–water partition coefficient (Wildman–Crippen LogP) is 5.25. The van der Waals surface area contributed by atoms with Crippen molar-refractivity contribution in [3.8, 4) is 0 Å². The van der Waals surface area contributed by atoms with Crippen molar-refractivity contribution in [3.05, 3.63) is 72.6 Å². The second-order valence-electron chi connectivity index (χ2n) is 10.1. The van der Waals surface area contributed by atoms with E-state index in [2.05, 4.69) is 74.0 Å². The van der Waals surface area contributed by atoms with E-state index in [1.807, 2.05) is 32.9 Å². The Morgan fingerprint density at radius 3 is 1.88 bits per heavy atom. The molecular formula is C26H38FNO2SSi. The third kappa shape index (κ3) is 6.47. The van der Waals surface area contributed by atoms with Crippen LogP contribution in [0.15, 0.2) is 72.6 Å². The summed E-state index contributed by atoms with van der Waals surface area (Å²) in [6.45, 7) is 14.4. The van der Waals surface area contributed by atoms with Gasteiger partial charge in [0.05, 0.1) is 21.8 Å². The quantitative estimate of drug-likeness (QED) is 0.397. The number of hydrogen-bond donors (Lipinski definition) is 1. The van der Waals surface area contributed by atoms with Crippen LogP contribution in [0.5, 0.6) is 0 Å². The zero-order valence-corrected chi connectivity index (χ0v) is 22.3. The van der Waals surface area contributed by atoms with Gasteiger partial charge in [-0.1, -0.05) is 81.4 Å². The van der Waals surface area contributed by atoms with Crippen LogP contribution in [0.3, 0.4) is 0 Å². The minimum atomic E-state index is -2.62. The second kappa shape index (κ2) is 11.0. The topological polar surface area (TPSA) is 38.3 Å². The standard InChI is InChI=1S/C26H38FNO2SSi/c1-21(28-31(29)25(2,3)4)24(27)19-14-20-30-32(26(5,6)7,22-15-10-8-11-16-22)23-17-12-9-13-18-23/h8-13,15-19,21,28H,14,20H2,1-7H3/b24-19+/t21-,31?/m1/s1. The molecule has 0 amide bonds. The van der Waals surface area contributed by atoms with Gasteiger partial charge in [0.2, 0.25) is 0 Å². The van der Waals surface area contributed by atoms with Gasteiger partial charge in [-0.2, -0.15) is 0 Å². The number of rotatable bonds is 9. The molecule has 1 N–H and O–H groups in total. The summed E-state index contributed by atoms with van der Waals surface area (Å²) in [5.74, 6) is -0.311. The largest absolute Gasteiger partial charge is 0.407 e. The molecule has 32 heavy (non-hydrogen) atoms. The van der Waals surface area contributed by atoms with Gasteiger partial charge in [-0.15, -0.1) is 0 Å². The minimum Gasteiger partial charge on any atom is -0.407 e. The van der Waals surface area contributed by atoms with Crippen molar-refractivity contribution >= 4 is 29.7 Å². The fraction of sp³-hybridized carbons (Fsp3) is 0.462. The molecule has 0 aliphatic carbocycles. The molecule has 0 spiro atoms. The number of halogens is 1. The first kappa shape index (κ1) is 26.6. The Balaban J connectivity index is 2.23. The third-order valence-electron chi connectivity index (χ3n) is 5.45. The maximum absolute atomic E-state index is 14.7. The number of nitrogens with one attached hydrogen (secondary N) is 1. The Hall–Kier alpha value is -1.60. The van der Waals surface area contributed by atoms with E-state index in [0.717, 1.165) is 0 Å². The summed E-state index contributed by atoms with van der Waals surface area (Å²) < 4.78 is 36.1. The fourth-order valence-corrected chi connectivity index (χ4v) is 9.11. The molecule has 176 valence electrons. The van der Waals surface area contributed by atoms with E-state index in [-0.39, 0.29) is 10.9 Å². The van der Waals surface area contributed by atoms with Gasteiger partial charge < -0.3 is 4.43 Å². The average Bonchev–Trinajstić information content (AvgIpc) is 2.73. The van der Waals surface area contributed by atoms with E-state index in [1.54, 1.807) is 13.0 Å². The van der Waals surface area contributed by atoms with Gasteiger partial charge >= 0.3 is 0 Å². The van der Waals surface area contributed by atoms with Crippen LogP contribution < -0.4 is 15.1 Å². The summed E-state index contributed by atoms with van der Waals surface area (Å²) in [7, 11) is -3.94. The first-order valence-corrected chi connectivity index (χ1v) is 14.2. The molecule has 2 atom stereocenters. The van der Waals surface area contributed by atoms with E-state index in [9.17, 15) is 8.60 Å². The smallest absolute Gasteiger partial charge is 0.261 e. The van der Waals surface area contributed by atoms with Crippen molar-refractivity contribution in [2.45, 2.75) is 70.7 Å². The van der Waals surface area contributed by atoms with E-state index in [0.29, 0.717) is 13.0 Å². The van der Waals surface area contributed by atoms with E-state index in [1.165, 1.54) is 10.4 Å². The summed E-state index contributed by atoms with van der Waals surface area (Å²) in [6.07, 6.45) is 2.00. The van der Waals surface area contributed by atoms with E-state index < -0.39 is 30.1 Å². The van der Waals surface area contributed by atoms with E-state index >= 15 is 0 Å². The van der Waals surface area contributed by atoms with Gasteiger partial charge in [-0.05, 0) is 55.6 Å². The highest BCUT2D eigenvalue weighted by atomic mass is 32.2. The monoisotopic (exact) mass is 475 g/mol. The van der Waals surface area contributed by atoms with Gasteiger partial charge in [0.15, 0.2) is 0 Å². The Labute approximate surface area is 197 Å². The molecule has 0 bridgehead atoms. The lowest BCUT2D eigenvalue weighted by Crippen LogP contribution is -2.66. The van der Waals surface area contributed by atoms with Crippen LogP contribution in [-0.2, 0) is 15.4 Å². The summed E-state index contributed by atoms with van der Waals surface area (Å²) in [6, 6.07) is 20.2. The lowest BCUT2D eigenvalue weighted by atomic mass is 10.2. The van der Waals surface area contributed by atoms with Crippen LogP contribution >= 0.6 is 0 Å². The molecule has 0 aliphatic rings. The van der Waals surface area contributed by atoms with E-state index in [4.69, 9.17) is 4.43 Å². The molecule has 0 fully saturated rings. The molecular weight excluding hydrogens is 437 g/mol. The average molecular weight is 476 g/mol. The normalized spacial score (nSPS) is 15.4. The van der Waals surface area contributed by atoms with Crippen molar-refractivity contribution in [2.75, 3.05) is 6.61 Å². The van der Waals surface area contributed by atoms with Crippen LogP contribution in [0.25, 0.3) is 0 Å². The Bertz CT molecular complexity index is 865. The molecule has 2 aromatic rings. The lowest BCUT2D eigenvalue weighted by Gasteiger charge is -2.43. The van der Waals surface area contributed by atoms with Crippen LogP contribution in [-0.4, -0.2) is 29.9 Å².